The summed E-state index contributed by atoms with van der Waals surface area (Å²) < 4.78 is 0. The van der Waals surface area contributed by atoms with Crippen molar-refractivity contribution in [1.29, 1.82) is 0 Å². The van der Waals surface area contributed by atoms with Crippen molar-refractivity contribution in [2.24, 2.45) is 11.8 Å². The van der Waals surface area contributed by atoms with E-state index in [1.54, 1.807) is 0 Å². The Labute approximate surface area is 95.0 Å². The Hall–Kier alpha value is -0.0400. The third kappa shape index (κ3) is 3.21. The average molecular weight is 209 g/mol. The van der Waals surface area contributed by atoms with Crippen LogP contribution in [0.5, 0.6) is 0 Å². The molecule has 1 heterocycles. The summed E-state index contributed by atoms with van der Waals surface area (Å²) in [4.78, 5) is 0. The molecule has 0 aromatic heterocycles. The van der Waals surface area contributed by atoms with Crippen LogP contribution in [0.2, 0.25) is 0 Å². The molecule has 15 heavy (non-hydrogen) atoms. The predicted octanol–water partition coefficient (Wildman–Crippen LogP) is 3.74. The number of hydrogen-bond donors (Lipinski definition) is 1. The van der Waals surface area contributed by atoms with Gasteiger partial charge in [0, 0.05) is 6.04 Å². The Morgan fingerprint density at radius 2 is 1.80 bits per heavy atom. The van der Waals surface area contributed by atoms with Crippen LogP contribution in [0.3, 0.4) is 0 Å². The molecule has 0 unspecified atom stereocenters. The van der Waals surface area contributed by atoms with Gasteiger partial charge in [-0.15, -0.1) is 0 Å². The normalized spacial score (nSPS) is 33.4. The van der Waals surface area contributed by atoms with Crippen LogP contribution >= 0.6 is 0 Å². The second kappa shape index (κ2) is 5.89. The molecule has 0 bridgehead atoms. The Morgan fingerprint density at radius 3 is 2.53 bits per heavy atom. The molecule has 88 valence electrons. The molecule has 1 nitrogen and oxygen atoms in total. The van der Waals surface area contributed by atoms with Crippen molar-refractivity contribution in [3.8, 4) is 0 Å². The Bertz CT molecular complexity index is 172. The third-order valence-corrected chi connectivity index (χ3v) is 4.63. The smallest absolute Gasteiger partial charge is 0.00958 e. The second-order valence-corrected chi connectivity index (χ2v) is 5.60. The van der Waals surface area contributed by atoms with Crippen LogP contribution in [-0.2, 0) is 0 Å². The largest absolute Gasteiger partial charge is 0.314 e. The van der Waals surface area contributed by atoms with Crippen LogP contribution in [0.25, 0.3) is 0 Å². The van der Waals surface area contributed by atoms with Crippen molar-refractivity contribution in [2.75, 3.05) is 6.54 Å². The van der Waals surface area contributed by atoms with E-state index in [9.17, 15) is 0 Å². The van der Waals surface area contributed by atoms with Crippen molar-refractivity contribution in [3.63, 3.8) is 0 Å². The molecule has 1 saturated carbocycles. The van der Waals surface area contributed by atoms with E-state index in [1.165, 1.54) is 64.3 Å². The summed E-state index contributed by atoms with van der Waals surface area (Å²) in [6.07, 6.45) is 13.3. The van der Waals surface area contributed by atoms with Crippen LogP contribution in [-0.4, -0.2) is 12.6 Å². The lowest BCUT2D eigenvalue weighted by Gasteiger charge is -2.24. The lowest BCUT2D eigenvalue weighted by molar-refractivity contribution is 0.301. The molecule has 1 aliphatic carbocycles. The van der Waals surface area contributed by atoms with E-state index in [0.29, 0.717) is 0 Å². The first-order valence-corrected chi connectivity index (χ1v) is 7.13. The highest BCUT2D eigenvalue weighted by atomic mass is 14.9. The lowest BCUT2D eigenvalue weighted by atomic mass is 9.83. The third-order valence-electron chi connectivity index (χ3n) is 4.63. The maximum atomic E-state index is 3.70. The molecular formula is C14H27N. The molecule has 0 spiro atoms. The van der Waals surface area contributed by atoms with Gasteiger partial charge in [-0.2, -0.15) is 0 Å². The molecule has 2 fully saturated rings. The van der Waals surface area contributed by atoms with Gasteiger partial charge in [0.25, 0.3) is 0 Å². The van der Waals surface area contributed by atoms with E-state index in [2.05, 4.69) is 12.2 Å². The van der Waals surface area contributed by atoms with Gasteiger partial charge in [-0.25, -0.2) is 0 Å². The molecule has 0 aromatic rings. The van der Waals surface area contributed by atoms with E-state index in [1.807, 2.05) is 0 Å². The topological polar surface area (TPSA) is 12.0 Å². The number of hydrogen-bond acceptors (Lipinski definition) is 1. The molecule has 1 aliphatic heterocycles. The summed E-state index contributed by atoms with van der Waals surface area (Å²) in [6, 6.07) is 0.858. The fourth-order valence-corrected chi connectivity index (χ4v) is 3.54. The van der Waals surface area contributed by atoms with Gasteiger partial charge < -0.3 is 5.32 Å². The Balaban J connectivity index is 1.67. The van der Waals surface area contributed by atoms with Crippen LogP contribution in [0.4, 0.5) is 0 Å². The van der Waals surface area contributed by atoms with Gasteiger partial charge in [0.15, 0.2) is 0 Å². The summed E-state index contributed by atoms with van der Waals surface area (Å²) in [6.45, 7) is 3.62. The molecule has 2 aliphatic rings. The van der Waals surface area contributed by atoms with Crippen molar-refractivity contribution in [3.05, 3.63) is 0 Å². The van der Waals surface area contributed by atoms with Crippen LogP contribution in [0.1, 0.15) is 64.7 Å². The Kier molecular flexibility index (Phi) is 4.49. The standard InChI is InChI=1S/C14H27N/c1-2-13-10-11-15-14(13)9-8-12-6-4-3-5-7-12/h12-15H,2-11H2,1H3/t13-,14-/m0/s1. The first-order chi connectivity index (χ1) is 7.40. The zero-order chi connectivity index (χ0) is 10.5. The summed E-state index contributed by atoms with van der Waals surface area (Å²) in [7, 11) is 0. The molecule has 2 atom stereocenters. The first-order valence-electron chi connectivity index (χ1n) is 7.13. The fraction of sp³-hybridized carbons (Fsp3) is 1.00. The highest BCUT2D eigenvalue weighted by molar-refractivity contribution is 4.83. The van der Waals surface area contributed by atoms with Crippen LogP contribution < -0.4 is 5.32 Å². The number of rotatable bonds is 4. The summed E-state index contributed by atoms with van der Waals surface area (Å²) >= 11 is 0. The van der Waals surface area contributed by atoms with Gasteiger partial charge in [-0.1, -0.05) is 45.4 Å². The SMILES string of the molecule is CC[C@H]1CCN[C@H]1CCC1CCCCC1. The van der Waals surface area contributed by atoms with E-state index in [4.69, 9.17) is 0 Å². The van der Waals surface area contributed by atoms with Gasteiger partial charge in [0.05, 0.1) is 0 Å². The number of nitrogens with one attached hydrogen (secondary N) is 1. The fourth-order valence-electron chi connectivity index (χ4n) is 3.54. The minimum atomic E-state index is 0.858. The van der Waals surface area contributed by atoms with Crippen molar-refractivity contribution >= 4 is 0 Å². The highest BCUT2D eigenvalue weighted by Crippen LogP contribution is 2.30. The van der Waals surface area contributed by atoms with Crippen molar-refractivity contribution in [1.82, 2.24) is 5.32 Å². The van der Waals surface area contributed by atoms with Crippen LogP contribution in [0, 0.1) is 11.8 Å². The maximum absolute atomic E-state index is 3.70. The van der Waals surface area contributed by atoms with Gasteiger partial charge in [-0.3, -0.25) is 0 Å². The quantitative estimate of drug-likeness (QED) is 0.744. The minimum absolute atomic E-state index is 0.858. The first kappa shape index (κ1) is 11.4. The van der Waals surface area contributed by atoms with Crippen molar-refractivity contribution in [2.45, 2.75) is 70.8 Å². The van der Waals surface area contributed by atoms with Crippen LogP contribution in [0.15, 0.2) is 0 Å². The van der Waals surface area contributed by atoms with E-state index in [-0.39, 0.29) is 0 Å². The minimum Gasteiger partial charge on any atom is -0.314 e. The molecule has 1 heteroatoms. The summed E-state index contributed by atoms with van der Waals surface area (Å²) in [5.74, 6) is 2.05. The zero-order valence-electron chi connectivity index (χ0n) is 10.3. The molecule has 1 saturated heterocycles. The van der Waals surface area contributed by atoms with Gasteiger partial charge >= 0.3 is 0 Å². The molecule has 1 N–H and O–H groups in total. The monoisotopic (exact) mass is 209 g/mol. The molecule has 2 rings (SSSR count). The molecule has 0 radical (unpaired) electrons. The van der Waals surface area contributed by atoms with E-state index in [0.717, 1.165) is 17.9 Å². The Morgan fingerprint density at radius 1 is 1.00 bits per heavy atom. The zero-order valence-corrected chi connectivity index (χ0v) is 10.3. The van der Waals surface area contributed by atoms with Gasteiger partial charge in [-0.05, 0) is 37.6 Å². The molecular weight excluding hydrogens is 182 g/mol. The van der Waals surface area contributed by atoms with Gasteiger partial charge in [0.1, 0.15) is 0 Å². The molecule has 0 amide bonds. The summed E-state index contributed by atoms with van der Waals surface area (Å²) in [5.41, 5.74) is 0. The van der Waals surface area contributed by atoms with Crippen molar-refractivity contribution < 1.29 is 0 Å². The van der Waals surface area contributed by atoms with E-state index >= 15 is 0 Å². The molecule has 0 aromatic carbocycles. The van der Waals surface area contributed by atoms with Gasteiger partial charge in [0.2, 0.25) is 0 Å². The second-order valence-electron chi connectivity index (χ2n) is 5.60. The highest BCUT2D eigenvalue weighted by Gasteiger charge is 2.25. The van der Waals surface area contributed by atoms with E-state index < -0.39 is 0 Å². The average Bonchev–Trinajstić information content (AvgIpc) is 2.75. The summed E-state index contributed by atoms with van der Waals surface area (Å²) in [5, 5.41) is 3.70. The maximum Gasteiger partial charge on any atom is 0.00958 e. The lowest BCUT2D eigenvalue weighted by Crippen LogP contribution is -2.27. The predicted molar refractivity (Wildman–Crippen MR) is 66.0 cm³/mol.